The van der Waals surface area contributed by atoms with Crippen LogP contribution in [0.25, 0.3) is 0 Å². The number of fused-ring (bicyclic) bond motifs is 6. The van der Waals surface area contributed by atoms with Gasteiger partial charge in [-0.15, -0.1) is 0 Å². The minimum Gasteiger partial charge on any atom is -0.390 e. The minimum atomic E-state index is -0.975. The number of amides is 2. The van der Waals surface area contributed by atoms with Gasteiger partial charge in [0.15, 0.2) is 0 Å². The molecule has 3 fully saturated rings. The van der Waals surface area contributed by atoms with E-state index in [0.29, 0.717) is 18.5 Å². The summed E-state index contributed by atoms with van der Waals surface area (Å²) in [5.74, 6) is -1.57. The molecule has 6 atom stereocenters. The summed E-state index contributed by atoms with van der Waals surface area (Å²) in [6.45, 7) is 3.60. The number of aliphatic imine (C=N–C) groups is 1. The molecule has 3 saturated heterocycles. The van der Waals surface area contributed by atoms with Crippen LogP contribution in [0.3, 0.4) is 0 Å². The quantitative estimate of drug-likeness (QED) is 0.720. The molecule has 0 aromatic carbocycles. The van der Waals surface area contributed by atoms with Crippen LogP contribution in [0.2, 0.25) is 0 Å². The molecule has 134 valence electrons. The third-order valence-corrected chi connectivity index (χ3v) is 7.04. The van der Waals surface area contributed by atoms with E-state index < -0.39 is 29.1 Å². The van der Waals surface area contributed by atoms with Crippen molar-refractivity contribution in [2.75, 3.05) is 0 Å². The lowest BCUT2D eigenvalue weighted by atomic mass is 9.67. The summed E-state index contributed by atoms with van der Waals surface area (Å²) in [4.78, 5) is 32.9. The number of nitrogens with zero attached hydrogens (tertiary/aromatic N) is 2. The predicted octanol–water partition coefficient (Wildman–Crippen LogP) is 1.85. The van der Waals surface area contributed by atoms with Gasteiger partial charge in [-0.25, -0.2) is 0 Å². The molecule has 25 heavy (non-hydrogen) atoms. The highest BCUT2D eigenvalue weighted by atomic mass is 32.2. The Balaban J connectivity index is 0.00000157. The van der Waals surface area contributed by atoms with Gasteiger partial charge in [0.05, 0.1) is 35.1 Å². The Morgan fingerprint density at radius 3 is 2.80 bits per heavy atom. The molecule has 0 aromatic rings. The molecule has 7 heteroatoms. The van der Waals surface area contributed by atoms with Gasteiger partial charge in [0.1, 0.15) is 5.60 Å². The van der Waals surface area contributed by atoms with Crippen LogP contribution in [0.1, 0.15) is 34.1 Å². The fourth-order valence-corrected chi connectivity index (χ4v) is 5.83. The molecule has 5 rings (SSSR count). The smallest absolute Gasteiger partial charge is 0.240 e. The summed E-state index contributed by atoms with van der Waals surface area (Å²) >= 11 is 1.54. The van der Waals surface area contributed by atoms with Gasteiger partial charge in [0.25, 0.3) is 0 Å². The lowest BCUT2D eigenvalue weighted by molar-refractivity contribution is -0.146. The van der Waals surface area contributed by atoms with Crippen molar-refractivity contribution >= 4 is 29.1 Å². The molecule has 0 saturated carbocycles. The molecule has 2 bridgehead atoms. The molecule has 4 heterocycles. The van der Waals surface area contributed by atoms with Crippen LogP contribution in [-0.4, -0.2) is 50.7 Å². The van der Waals surface area contributed by atoms with E-state index in [9.17, 15) is 14.7 Å². The molecule has 6 nitrogen and oxygen atoms in total. The predicted molar refractivity (Wildman–Crippen MR) is 94.7 cm³/mol. The van der Waals surface area contributed by atoms with Gasteiger partial charge in [-0.1, -0.05) is 25.3 Å². The Morgan fingerprint density at radius 2 is 2.04 bits per heavy atom. The lowest BCUT2D eigenvalue weighted by Crippen LogP contribution is -2.49. The van der Waals surface area contributed by atoms with E-state index in [-0.39, 0.29) is 25.3 Å². The van der Waals surface area contributed by atoms with Crippen molar-refractivity contribution < 1.29 is 19.4 Å². The van der Waals surface area contributed by atoms with Crippen molar-refractivity contribution in [2.45, 2.75) is 57.5 Å². The standard InChI is InChI=1S/C17H18N2O4S.CH4/c1-16-6-11(20)17(2,23-16)13-12(16)14(21)19(15(13)22)8-3-4-9-10(5-8)24-7-18-9;/h3,5,7,9,11-13,20H,4,6H2,1-2H3;1H4/t9?,11-,12+,13-,16+,17-;/m0./s1. The maximum atomic E-state index is 13.1. The van der Waals surface area contributed by atoms with Crippen molar-refractivity contribution in [3.8, 4) is 0 Å². The normalized spacial score (nSPS) is 46.8. The number of aliphatic hydroxyl groups is 1. The van der Waals surface area contributed by atoms with Gasteiger partial charge in [-0.05, 0) is 26.3 Å². The van der Waals surface area contributed by atoms with Gasteiger partial charge < -0.3 is 9.84 Å². The van der Waals surface area contributed by atoms with E-state index in [1.165, 1.54) is 16.7 Å². The summed E-state index contributed by atoms with van der Waals surface area (Å²) < 4.78 is 6.00. The van der Waals surface area contributed by atoms with Crippen molar-refractivity contribution in [1.29, 1.82) is 0 Å². The number of rotatable bonds is 1. The van der Waals surface area contributed by atoms with Gasteiger partial charge in [0.2, 0.25) is 11.8 Å². The maximum Gasteiger partial charge on any atom is 0.240 e. The van der Waals surface area contributed by atoms with Crippen LogP contribution >= 0.6 is 11.8 Å². The zero-order valence-corrected chi connectivity index (χ0v) is 14.2. The number of likely N-dealkylation sites (tertiary alicyclic amines) is 1. The summed E-state index contributed by atoms with van der Waals surface area (Å²) in [7, 11) is 0. The van der Waals surface area contributed by atoms with Crippen molar-refractivity contribution in [3.05, 3.63) is 22.8 Å². The van der Waals surface area contributed by atoms with Gasteiger partial charge >= 0.3 is 0 Å². The SMILES string of the molecule is C.C[C@]12O[C@](C)(C[C@@H]1O)[C@H]1C(=O)N(C3=CCC4N=CSC4=C3)C(=O)[C@H]12. The first-order valence-electron chi connectivity index (χ1n) is 8.21. The number of aliphatic hydroxyl groups excluding tert-OH is 1. The molecular weight excluding hydrogens is 340 g/mol. The maximum absolute atomic E-state index is 13.1. The molecule has 0 spiro atoms. The van der Waals surface area contributed by atoms with Crippen LogP contribution < -0.4 is 0 Å². The largest absolute Gasteiger partial charge is 0.390 e. The van der Waals surface area contributed by atoms with Crippen molar-refractivity contribution in [1.82, 2.24) is 4.90 Å². The summed E-state index contributed by atoms with van der Waals surface area (Å²) in [6, 6.07) is 0.127. The number of carbonyl (C=O) groups is 2. The molecule has 2 amide bonds. The monoisotopic (exact) mass is 362 g/mol. The average Bonchev–Trinajstić information content (AvgIpc) is 3.19. The van der Waals surface area contributed by atoms with E-state index in [2.05, 4.69) is 4.99 Å². The van der Waals surface area contributed by atoms with E-state index in [4.69, 9.17) is 4.74 Å². The van der Waals surface area contributed by atoms with Gasteiger partial charge in [-0.3, -0.25) is 19.5 Å². The van der Waals surface area contributed by atoms with E-state index in [0.717, 1.165) is 4.91 Å². The number of hydrogen-bond acceptors (Lipinski definition) is 6. The number of thioether (sulfide) groups is 1. The van der Waals surface area contributed by atoms with E-state index >= 15 is 0 Å². The molecule has 0 radical (unpaired) electrons. The fraction of sp³-hybridized carbons (Fsp3) is 0.611. The second-order valence-electron chi connectivity index (χ2n) is 7.59. The Morgan fingerprint density at radius 1 is 1.32 bits per heavy atom. The summed E-state index contributed by atoms with van der Waals surface area (Å²) in [6.07, 6.45) is 4.18. The molecular formula is C18H22N2O4S. The van der Waals surface area contributed by atoms with Gasteiger partial charge in [-0.2, -0.15) is 0 Å². The van der Waals surface area contributed by atoms with Crippen LogP contribution in [0.4, 0.5) is 0 Å². The highest BCUT2D eigenvalue weighted by Crippen LogP contribution is 2.61. The highest BCUT2D eigenvalue weighted by Gasteiger charge is 2.75. The topological polar surface area (TPSA) is 79.2 Å². The van der Waals surface area contributed by atoms with Crippen LogP contribution in [0, 0.1) is 11.8 Å². The molecule has 1 aliphatic carbocycles. The average molecular weight is 362 g/mol. The number of allylic oxidation sites excluding steroid dienone is 1. The number of ether oxygens (including phenoxy) is 1. The third-order valence-electron chi connectivity index (χ3n) is 6.15. The summed E-state index contributed by atoms with van der Waals surface area (Å²) in [5, 5.41) is 10.4. The van der Waals surface area contributed by atoms with Crippen LogP contribution in [0.5, 0.6) is 0 Å². The molecule has 5 aliphatic rings. The highest BCUT2D eigenvalue weighted by molar-refractivity contribution is 8.15. The zero-order valence-electron chi connectivity index (χ0n) is 13.4. The lowest BCUT2D eigenvalue weighted by Gasteiger charge is -2.31. The number of hydrogen-bond donors (Lipinski definition) is 1. The summed E-state index contributed by atoms with van der Waals surface area (Å²) in [5.41, 5.74) is 0.708. The molecule has 4 aliphatic heterocycles. The van der Waals surface area contributed by atoms with E-state index in [1.807, 2.05) is 24.6 Å². The van der Waals surface area contributed by atoms with Crippen molar-refractivity contribution in [3.63, 3.8) is 0 Å². The first kappa shape index (κ1) is 17.0. The van der Waals surface area contributed by atoms with Crippen molar-refractivity contribution in [2.24, 2.45) is 16.8 Å². The molecule has 0 aromatic heterocycles. The Kier molecular flexibility index (Phi) is 3.43. The van der Waals surface area contributed by atoms with Crippen LogP contribution in [-0.2, 0) is 14.3 Å². The molecule has 1 unspecified atom stereocenters. The third kappa shape index (κ3) is 1.92. The second kappa shape index (κ2) is 5.05. The first-order valence-corrected chi connectivity index (χ1v) is 9.09. The van der Waals surface area contributed by atoms with Gasteiger partial charge in [0, 0.05) is 17.0 Å². The second-order valence-corrected chi connectivity index (χ2v) is 8.50. The number of imide groups is 1. The Hall–Kier alpha value is -1.44. The zero-order chi connectivity index (χ0) is 16.9. The first-order chi connectivity index (χ1) is 11.3. The molecule has 1 N–H and O–H groups in total. The Bertz CT molecular complexity index is 775. The Labute approximate surface area is 151 Å². The fourth-order valence-electron chi connectivity index (χ4n) is 4.99. The number of carbonyl (C=O) groups excluding carboxylic acids is 2. The van der Waals surface area contributed by atoms with Crippen LogP contribution in [0.15, 0.2) is 27.7 Å². The van der Waals surface area contributed by atoms with E-state index in [1.54, 1.807) is 6.92 Å². The minimum absolute atomic E-state index is 0.